The fourth-order valence-electron chi connectivity index (χ4n) is 3.49. The number of hydrogen-bond donors (Lipinski definition) is 10. The third kappa shape index (κ3) is 10.1. The second-order valence-corrected chi connectivity index (χ2v) is 9.18. The minimum Gasteiger partial charge on any atom is -0.508 e. The van der Waals surface area contributed by atoms with Crippen molar-refractivity contribution in [3.8, 4) is 69.0 Å². The Morgan fingerprint density at radius 2 is 1.10 bits per heavy atom. The van der Waals surface area contributed by atoms with Crippen molar-refractivity contribution in [3.63, 3.8) is 0 Å². The molecular weight excluding hydrogens is 640 g/mol. The van der Waals surface area contributed by atoms with Crippen molar-refractivity contribution in [2.24, 2.45) is 0 Å². The maximum Gasteiger partial charge on any atom is 0.201 e. The van der Waals surface area contributed by atoms with Crippen LogP contribution in [-0.2, 0) is 0 Å². The number of ketones is 2. The molecule has 0 unspecified atom stereocenters. The number of methoxy groups -OCH3 is 2. The molecule has 16 nitrogen and oxygen atoms in total. The van der Waals surface area contributed by atoms with Gasteiger partial charge in [-0.05, 0) is 50.2 Å². The van der Waals surface area contributed by atoms with Gasteiger partial charge in [-0.2, -0.15) is 0 Å². The highest BCUT2D eigenvalue weighted by atomic mass is 16.5. The molecule has 4 aromatic carbocycles. The number of Topliss-reactive ketones (excluding diaryl/α,β-unsaturated/α-hetero) is 2. The average molecular weight is 673 g/mol. The molecule has 0 atom stereocenters. The van der Waals surface area contributed by atoms with E-state index in [9.17, 15) is 24.3 Å². The van der Waals surface area contributed by atoms with Gasteiger partial charge in [0.1, 0.15) is 29.1 Å². The summed E-state index contributed by atoms with van der Waals surface area (Å²) in [5.41, 5.74) is 0.105. The molecule has 256 valence electrons. The summed E-state index contributed by atoms with van der Waals surface area (Å²) < 4.78 is 9.40. The van der Waals surface area contributed by atoms with E-state index in [4.69, 9.17) is 55.4 Å². The molecule has 0 aromatic heterocycles. The van der Waals surface area contributed by atoms with E-state index in [0.29, 0.717) is 12.6 Å². The zero-order chi connectivity index (χ0) is 36.9. The molecule has 10 N–H and O–H groups in total. The normalized spacial score (nSPS) is 9.58. The Morgan fingerprint density at radius 1 is 0.542 bits per heavy atom. The van der Waals surface area contributed by atoms with Crippen molar-refractivity contribution in [1.29, 1.82) is 0 Å². The van der Waals surface area contributed by atoms with E-state index in [2.05, 4.69) is 0 Å². The van der Waals surface area contributed by atoms with Gasteiger partial charge in [0.15, 0.2) is 52.3 Å². The predicted octanol–water partition coefficient (Wildman–Crippen LogP) is 3.85. The maximum absolute atomic E-state index is 10.8. The molecular formula is C32H32O16. The van der Waals surface area contributed by atoms with Crippen molar-refractivity contribution in [2.75, 3.05) is 14.2 Å². The van der Waals surface area contributed by atoms with Crippen LogP contribution in [0.15, 0.2) is 48.5 Å². The molecule has 0 aliphatic rings. The molecule has 4 rings (SSSR count). The number of carbonyl (C=O) groups excluding carboxylic acids is 4. The predicted molar refractivity (Wildman–Crippen MR) is 166 cm³/mol. The summed E-state index contributed by atoms with van der Waals surface area (Å²) in [5, 5.41) is 90.6. The van der Waals surface area contributed by atoms with Gasteiger partial charge in [0.2, 0.25) is 17.2 Å². The van der Waals surface area contributed by atoms with Gasteiger partial charge in [-0.3, -0.25) is 19.2 Å². The highest BCUT2D eigenvalue weighted by Gasteiger charge is 2.15. The first-order chi connectivity index (χ1) is 22.4. The number of ether oxygens (including phenoxy) is 2. The lowest BCUT2D eigenvalue weighted by atomic mass is 10.1. The number of phenolic OH excluding ortho intramolecular Hbond substituents is 10. The topological polar surface area (TPSA) is 289 Å². The zero-order valence-corrected chi connectivity index (χ0v) is 25.7. The van der Waals surface area contributed by atoms with Gasteiger partial charge in [0, 0.05) is 17.7 Å². The van der Waals surface area contributed by atoms with E-state index < -0.39 is 46.0 Å². The van der Waals surface area contributed by atoms with E-state index in [0.717, 1.165) is 24.3 Å². The maximum atomic E-state index is 10.8. The lowest BCUT2D eigenvalue weighted by Crippen LogP contribution is -1.92. The van der Waals surface area contributed by atoms with Crippen LogP contribution in [0.4, 0.5) is 0 Å². The molecule has 0 aliphatic carbocycles. The Morgan fingerprint density at radius 3 is 1.56 bits per heavy atom. The number of phenols is 10. The Bertz CT molecular complexity index is 1770. The molecule has 0 spiro atoms. The number of benzene rings is 4. The smallest absolute Gasteiger partial charge is 0.201 e. The van der Waals surface area contributed by atoms with E-state index >= 15 is 0 Å². The molecule has 0 saturated heterocycles. The minimum atomic E-state index is -0.664. The largest absolute Gasteiger partial charge is 0.508 e. The highest BCUT2D eigenvalue weighted by molar-refractivity contribution is 5.99. The Balaban J connectivity index is 0.000000320. The zero-order valence-electron chi connectivity index (χ0n) is 25.7. The van der Waals surface area contributed by atoms with Crippen LogP contribution in [0.2, 0.25) is 0 Å². The summed E-state index contributed by atoms with van der Waals surface area (Å²) >= 11 is 0. The number of carbonyl (C=O) groups is 4. The molecule has 0 aliphatic heterocycles. The van der Waals surface area contributed by atoms with Crippen LogP contribution in [0, 0.1) is 0 Å². The number of hydrogen-bond acceptors (Lipinski definition) is 16. The van der Waals surface area contributed by atoms with Crippen LogP contribution >= 0.6 is 0 Å². The fourth-order valence-corrected chi connectivity index (χ4v) is 3.49. The SMILES string of the molecule is CC(=O)c1c(O)cc(O)cc1O.CC(=O)c1ccc(O)c(O)c1O.COc1cc(C=O)cc(O)c1O.COc1ccc(C=O)c(O)c1O. The third-order valence-electron chi connectivity index (χ3n) is 5.87. The molecule has 0 bridgehead atoms. The summed E-state index contributed by atoms with van der Waals surface area (Å²) in [6, 6.07) is 9.64. The van der Waals surface area contributed by atoms with Crippen LogP contribution in [0.5, 0.6) is 69.0 Å². The lowest BCUT2D eigenvalue weighted by molar-refractivity contribution is 0.1000. The van der Waals surface area contributed by atoms with Crippen LogP contribution in [0.3, 0.4) is 0 Å². The molecule has 48 heavy (non-hydrogen) atoms. The van der Waals surface area contributed by atoms with Crippen molar-refractivity contribution in [2.45, 2.75) is 13.8 Å². The van der Waals surface area contributed by atoms with Gasteiger partial charge >= 0.3 is 0 Å². The van der Waals surface area contributed by atoms with E-state index in [1.807, 2.05) is 0 Å². The molecule has 0 saturated carbocycles. The second kappa shape index (κ2) is 17.6. The van der Waals surface area contributed by atoms with Crippen molar-refractivity contribution >= 4 is 24.1 Å². The van der Waals surface area contributed by atoms with Crippen molar-refractivity contribution in [1.82, 2.24) is 0 Å². The molecule has 4 aromatic rings. The van der Waals surface area contributed by atoms with Crippen LogP contribution in [0.25, 0.3) is 0 Å². The molecule has 0 radical (unpaired) electrons. The number of rotatable bonds is 6. The van der Waals surface area contributed by atoms with Gasteiger partial charge in [-0.25, -0.2) is 0 Å². The van der Waals surface area contributed by atoms with Gasteiger partial charge in [-0.1, -0.05) is 0 Å². The summed E-state index contributed by atoms with van der Waals surface area (Å²) in [4.78, 5) is 42.1. The monoisotopic (exact) mass is 672 g/mol. The quantitative estimate of drug-likeness (QED) is 0.0790. The van der Waals surface area contributed by atoms with Gasteiger partial charge in [-0.15, -0.1) is 0 Å². The number of aromatic hydroxyl groups is 10. The number of aldehydes is 2. The average Bonchev–Trinajstić information content (AvgIpc) is 3.02. The molecule has 0 amide bonds. The first-order valence-corrected chi connectivity index (χ1v) is 13.0. The van der Waals surface area contributed by atoms with Crippen LogP contribution in [-0.4, -0.2) is 89.4 Å². The molecule has 0 heterocycles. The summed E-state index contributed by atoms with van der Waals surface area (Å²) in [7, 11) is 2.69. The first kappa shape index (κ1) is 39.2. The van der Waals surface area contributed by atoms with E-state index in [1.165, 1.54) is 52.3 Å². The van der Waals surface area contributed by atoms with Gasteiger partial charge < -0.3 is 60.5 Å². The van der Waals surface area contributed by atoms with Crippen LogP contribution in [0.1, 0.15) is 55.3 Å². The summed E-state index contributed by atoms with van der Waals surface area (Å²) in [6.45, 7) is 2.47. The van der Waals surface area contributed by atoms with Crippen LogP contribution < -0.4 is 9.47 Å². The minimum absolute atomic E-state index is 0.00898. The van der Waals surface area contributed by atoms with E-state index in [1.54, 1.807) is 0 Å². The first-order valence-electron chi connectivity index (χ1n) is 13.0. The summed E-state index contributed by atoms with van der Waals surface area (Å²) in [5.74, 6) is -5.01. The van der Waals surface area contributed by atoms with Crippen molar-refractivity contribution in [3.05, 3.63) is 70.8 Å². The highest BCUT2D eigenvalue weighted by Crippen LogP contribution is 2.38. The second-order valence-electron chi connectivity index (χ2n) is 9.18. The Hall–Kier alpha value is -6.84. The summed E-state index contributed by atoms with van der Waals surface area (Å²) in [6.07, 6.45) is 1.01. The molecule has 0 fully saturated rings. The van der Waals surface area contributed by atoms with E-state index in [-0.39, 0.29) is 56.8 Å². The molecule has 16 heteroatoms. The van der Waals surface area contributed by atoms with Gasteiger partial charge in [0.25, 0.3) is 0 Å². The Kier molecular flexibility index (Phi) is 14.4. The Labute approximate surface area is 271 Å². The van der Waals surface area contributed by atoms with Crippen molar-refractivity contribution < 1.29 is 79.7 Å². The standard InChI is InChI=1S/4C8H8O4/c1-12-7-3-5(4-9)2-6(10)8(7)11;1-4(9)8-6(11)2-5(10)3-7(8)12;1-12-6-3-2-5(4-9)7(10)8(6)11;1-4(9)5-2-3-6(10)8(12)7(5)11/h2-4,10-11H,1H3;2-3,10-12H,1H3;2-4,10-11H,1H3;2-3,10-12H,1H3. The fraction of sp³-hybridized carbons (Fsp3) is 0.125. The third-order valence-corrected chi connectivity index (χ3v) is 5.87. The lowest BCUT2D eigenvalue weighted by Gasteiger charge is -2.05. The van der Waals surface area contributed by atoms with Gasteiger partial charge in [0.05, 0.1) is 25.3 Å².